The van der Waals surface area contributed by atoms with Crippen LogP contribution in [0.15, 0.2) is 53.5 Å². The van der Waals surface area contributed by atoms with Crippen molar-refractivity contribution in [2.45, 2.75) is 18.5 Å². The number of methoxy groups -OCH3 is 1. The van der Waals surface area contributed by atoms with Crippen LogP contribution in [0.3, 0.4) is 0 Å². The number of halogens is 1. The van der Waals surface area contributed by atoms with Crippen LogP contribution >= 0.6 is 11.6 Å². The van der Waals surface area contributed by atoms with Gasteiger partial charge in [-0.05, 0) is 35.7 Å². The average Bonchev–Trinajstić information content (AvgIpc) is 2.55. The first kappa shape index (κ1) is 14.7. The van der Waals surface area contributed by atoms with E-state index in [-0.39, 0.29) is 12.1 Å². The van der Waals surface area contributed by atoms with Gasteiger partial charge < -0.3 is 15.8 Å². The highest BCUT2D eigenvalue weighted by molar-refractivity contribution is 6.31. The Morgan fingerprint density at radius 1 is 1.18 bits per heavy atom. The molecule has 0 aliphatic carbocycles. The van der Waals surface area contributed by atoms with E-state index < -0.39 is 0 Å². The largest absolute Gasteiger partial charge is 0.497 e. The number of ether oxygens (including phenoxy) is 1. The molecule has 5 heteroatoms. The molecule has 1 aliphatic rings. The van der Waals surface area contributed by atoms with Crippen LogP contribution in [0.4, 0.5) is 0 Å². The first-order chi connectivity index (χ1) is 10.7. The predicted molar refractivity (Wildman–Crippen MR) is 89.3 cm³/mol. The Bertz CT molecular complexity index is 685. The Balaban J connectivity index is 1.87. The highest BCUT2D eigenvalue weighted by Crippen LogP contribution is 2.35. The third kappa shape index (κ3) is 3.02. The minimum atomic E-state index is 0.00780. The van der Waals surface area contributed by atoms with Gasteiger partial charge in [0, 0.05) is 5.02 Å². The van der Waals surface area contributed by atoms with E-state index in [1.165, 1.54) is 0 Å². The molecule has 3 rings (SSSR count). The second-order valence-electron chi connectivity index (χ2n) is 5.26. The van der Waals surface area contributed by atoms with Crippen molar-refractivity contribution in [2.75, 3.05) is 7.11 Å². The van der Waals surface area contributed by atoms with Gasteiger partial charge in [-0.3, -0.25) is 0 Å². The Hall–Kier alpha value is -2.20. The van der Waals surface area contributed by atoms with Gasteiger partial charge >= 0.3 is 0 Å². The van der Waals surface area contributed by atoms with Crippen molar-refractivity contribution in [3.63, 3.8) is 0 Å². The van der Waals surface area contributed by atoms with Gasteiger partial charge in [-0.1, -0.05) is 41.9 Å². The van der Waals surface area contributed by atoms with E-state index in [9.17, 15) is 0 Å². The lowest BCUT2D eigenvalue weighted by Crippen LogP contribution is -2.39. The zero-order chi connectivity index (χ0) is 15.5. The Labute approximate surface area is 135 Å². The fourth-order valence-corrected chi connectivity index (χ4v) is 2.99. The van der Waals surface area contributed by atoms with Gasteiger partial charge in [0.2, 0.25) is 0 Å². The van der Waals surface area contributed by atoms with E-state index in [1.54, 1.807) is 7.11 Å². The average molecular weight is 316 g/mol. The van der Waals surface area contributed by atoms with E-state index in [0.29, 0.717) is 5.96 Å². The monoisotopic (exact) mass is 315 g/mol. The second-order valence-corrected chi connectivity index (χ2v) is 5.66. The molecule has 0 saturated heterocycles. The number of guanidine groups is 1. The summed E-state index contributed by atoms with van der Waals surface area (Å²) in [5.74, 6) is 1.27. The summed E-state index contributed by atoms with van der Waals surface area (Å²) in [4.78, 5) is 4.51. The molecule has 0 radical (unpaired) electrons. The van der Waals surface area contributed by atoms with Gasteiger partial charge in [-0.25, -0.2) is 4.99 Å². The minimum Gasteiger partial charge on any atom is -0.497 e. The molecule has 0 saturated carbocycles. The normalized spacial score (nSPS) is 20.9. The molecular formula is C17H18ClN3O. The number of benzene rings is 2. The number of aliphatic imine (C=N–C) groups is 1. The van der Waals surface area contributed by atoms with Crippen molar-refractivity contribution in [3.8, 4) is 5.75 Å². The molecule has 0 amide bonds. The number of hydrogen-bond donors (Lipinski definition) is 2. The highest BCUT2D eigenvalue weighted by Gasteiger charge is 2.25. The molecule has 3 N–H and O–H groups in total. The van der Waals surface area contributed by atoms with Gasteiger partial charge in [0.15, 0.2) is 5.96 Å². The summed E-state index contributed by atoms with van der Waals surface area (Å²) in [6, 6.07) is 15.8. The molecule has 114 valence electrons. The standard InChI is InChI=1S/C17H18ClN3O/c1-22-12-8-6-11(7-9-12)15-10-16(21-17(19)20-15)13-4-2-3-5-14(13)18/h2-9,15-16H,10H2,1H3,(H3,19,20,21). The molecule has 1 heterocycles. The van der Waals surface area contributed by atoms with Crippen LogP contribution in [0, 0.1) is 0 Å². The summed E-state index contributed by atoms with van der Waals surface area (Å²) < 4.78 is 5.19. The highest BCUT2D eigenvalue weighted by atomic mass is 35.5. The molecule has 0 bridgehead atoms. The molecular weight excluding hydrogens is 298 g/mol. The fourth-order valence-electron chi connectivity index (χ4n) is 2.72. The molecule has 2 unspecified atom stereocenters. The van der Waals surface area contributed by atoms with Crippen LogP contribution in [-0.2, 0) is 0 Å². The summed E-state index contributed by atoms with van der Waals surface area (Å²) in [5.41, 5.74) is 8.12. The Kier molecular flexibility index (Phi) is 4.20. The zero-order valence-corrected chi connectivity index (χ0v) is 13.0. The van der Waals surface area contributed by atoms with Crippen molar-refractivity contribution < 1.29 is 4.74 Å². The summed E-state index contributed by atoms with van der Waals surface area (Å²) in [5, 5.41) is 3.95. The number of nitrogens with one attached hydrogen (secondary N) is 1. The van der Waals surface area contributed by atoms with Crippen molar-refractivity contribution >= 4 is 17.6 Å². The third-order valence-electron chi connectivity index (χ3n) is 3.86. The second kappa shape index (κ2) is 6.28. The minimum absolute atomic E-state index is 0.00780. The number of hydrogen-bond acceptors (Lipinski definition) is 4. The quantitative estimate of drug-likeness (QED) is 0.912. The molecule has 2 atom stereocenters. The fraction of sp³-hybridized carbons (Fsp3) is 0.235. The number of rotatable bonds is 3. The molecule has 22 heavy (non-hydrogen) atoms. The van der Waals surface area contributed by atoms with Crippen molar-refractivity contribution in [1.29, 1.82) is 0 Å². The van der Waals surface area contributed by atoms with E-state index in [4.69, 9.17) is 22.1 Å². The van der Waals surface area contributed by atoms with Crippen molar-refractivity contribution in [3.05, 3.63) is 64.7 Å². The van der Waals surface area contributed by atoms with E-state index in [2.05, 4.69) is 10.3 Å². The molecule has 2 aromatic carbocycles. The summed E-state index contributed by atoms with van der Waals surface area (Å²) in [6.45, 7) is 0. The zero-order valence-electron chi connectivity index (χ0n) is 12.3. The molecule has 1 aliphatic heterocycles. The van der Waals surface area contributed by atoms with E-state index in [1.807, 2.05) is 48.5 Å². The van der Waals surface area contributed by atoms with Gasteiger partial charge in [-0.2, -0.15) is 0 Å². The van der Waals surface area contributed by atoms with Gasteiger partial charge in [0.1, 0.15) is 5.75 Å². The Morgan fingerprint density at radius 2 is 1.91 bits per heavy atom. The summed E-state index contributed by atoms with van der Waals surface area (Å²) >= 11 is 6.30. The molecule has 0 spiro atoms. The predicted octanol–water partition coefficient (Wildman–Crippen LogP) is 3.44. The van der Waals surface area contributed by atoms with Crippen molar-refractivity contribution in [2.24, 2.45) is 10.7 Å². The lowest BCUT2D eigenvalue weighted by atomic mass is 9.94. The molecule has 0 aromatic heterocycles. The van der Waals surface area contributed by atoms with Crippen LogP contribution in [0.5, 0.6) is 5.75 Å². The molecule has 4 nitrogen and oxygen atoms in total. The van der Waals surface area contributed by atoms with Gasteiger partial charge in [-0.15, -0.1) is 0 Å². The maximum atomic E-state index is 6.30. The first-order valence-corrected chi connectivity index (χ1v) is 7.53. The lowest BCUT2D eigenvalue weighted by molar-refractivity contribution is 0.414. The maximum Gasteiger partial charge on any atom is 0.189 e. The SMILES string of the molecule is COc1ccc(C2CC(c3ccccc3Cl)NC(N)=N2)cc1. The van der Waals surface area contributed by atoms with Crippen molar-refractivity contribution in [1.82, 2.24) is 5.32 Å². The maximum absolute atomic E-state index is 6.30. The number of nitrogens with zero attached hydrogens (tertiary/aromatic N) is 1. The van der Waals surface area contributed by atoms with Crippen LogP contribution in [0.2, 0.25) is 5.02 Å². The van der Waals surface area contributed by atoms with Crippen LogP contribution < -0.4 is 15.8 Å². The van der Waals surface area contributed by atoms with E-state index >= 15 is 0 Å². The lowest BCUT2D eigenvalue weighted by Gasteiger charge is -2.29. The van der Waals surface area contributed by atoms with Crippen LogP contribution in [0.25, 0.3) is 0 Å². The third-order valence-corrected chi connectivity index (χ3v) is 4.20. The summed E-state index contributed by atoms with van der Waals surface area (Å²) in [6.07, 6.45) is 0.802. The Morgan fingerprint density at radius 3 is 2.59 bits per heavy atom. The smallest absolute Gasteiger partial charge is 0.189 e. The topological polar surface area (TPSA) is 59.6 Å². The summed E-state index contributed by atoms with van der Waals surface area (Å²) in [7, 11) is 1.66. The van der Waals surface area contributed by atoms with Crippen LogP contribution in [0.1, 0.15) is 29.6 Å². The van der Waals surface area contributed by atoms with Crippen LogP contribution in [-0.4, -0.2) is 13.1 Å². The van der Waals surface area contributed by atoms with Gasteiger partial charge in [0.25, 0.3) is 0 Å². The van der Waals surface area contributed by atoms with E-state index in [0.717, 1.165) is 28.3 Å². The van der Waals surface area contributed by atoms with Gasteiger partial charge in [0.05, 0.1) is 19.2 Å². The molecule has 2 aromatic rings. The number of nitrogens with two attached hydrogens (primary N) is 1. The molecule has 0 fully saturated rings. The first-order valence-electron chi connectivity index (χ1n) is 7.15.